The average molecular weight is 690 g/mol. The highest BCUT2D eigenvalue weighted by Crippen LogP contribution is 2.39. The van der Waals surface area contributed by atoms with E-state index in [1.807, 2.05) is 56.0 Å². The molecule has 1 aromatic rings. The van der Waals surface area contributed by atoms with Crippen molar-refractivity contribution in [3.63, 3.8) is 0 Å². The third-order valence-corrected chi connectivity index (χ3v) is 12.7. The van der Waals surface area contributed by atoms with Gasteiger partial charge in [0.2, 0.25) is 17.7 Å². The number of β-amino-alcohol motifs (C(OH)–C–C–N with tert-alkyl or cyclic N) is 1. The molecule has 270 valence electrons. The van der Waals surface area contributed by atoms with Crippen LogP contribution in [-0.4, -0.2) is 115 Å². The molecule has 0 spiro atoms. The predicted molar refractivity (Wildman–Crippen MR) is 188 cm³/mol. The summed E-state index contributed by atoms with van der Waals surface area (Å²) in [6.07, 6.45) is 7.48. The molecule has 1 aromatic carbocycles. The van der Waals surface area contributed by atoms with E-state index in [4.69, 9.17) is 0 Å². The molecule has 1 aliphatic carbocycles. The molecule has 2 saturated heterocycles. The van der Waals surface area contributed by atoms with Crippen molar-refractivity contribution in [3.05, 3.63) is 35.9 Å². The zero-order valence-electron chi connectivity index (χ0n) is 29.8. The summed E-state index contributed by atoms with van der Waals surface area (Å²) < 4.78 is 24.3. The third-order valence-electron chi connectivity index (χ3n) is 10.6. The summed E-state index contributed by atoms with van der Waals surface area (Å²) in [6, 6.07) is 6.86. The lowest BCUT2D eigenvalue weighted by atomic mass is 9.72. The highest BCUT2D eigenvalue weighted by molar-refractivity contribution is 7.92. The second-order valence-corrected chi connectivity index (χ2v) is 18.6. The van der Waals surface area contributed by atoms with Crippen LogP contribution < -0.4 is 16.0 Å². The molecule has 6 atom stereocenters. The van der Waals surface area contributed by atoms with E-state index < -0.39 is 56.2 Å². The van der Waals surface area contributed by atoms with Gasteiger partial charge in [-0.25, -0.2) is 8.42 Å². The van der Waals surface area contributed by atoms with Crippen molar-refractivity contribution in [1.29, 1.82) is 0 Å². The van der Waals surface area contributed by atoms with Crippen molar-refractivity contribution in [2.75, 3.05) is 39.0 Å². The number of carbonyl (C=O) groups excluding carboxylic acids is 3. The molecular weight excluding hydrogens is 630 g/mol. The molecule has 0 radical (unpaired) electrons. The van der Waals surface area contributed by atoms with Crippen LogP contribution in [0.25, 0.3) is 0 Å². The number of likely N-dealkylation sites (tertiary alicyclic amines) is 2. The Morgan fingerprint density at radius 2 is 1.56 bits per heavy atom. The first kappa shape index (κ1) is 38.3. The summed E-state index contributed by atoms with van der Waals surface area (Å²) in [5.74, 6) is -0.244. The van der Waals surface area contributed by atoms with Gasteiger partial charge in [0.05, 0.1) is 29.5 Å². The first-order chi connectivity index (χ1) is 22.4. The van der Waals surface area contributed by atoms with E-state index in [0.29, 0.717) is 18.4 Å². The number of aliphatic hydroxyl groups is 1. The van der Waals surface area contributed by atoms with Gasteiger partial charge < -0.3 is 21.1 Å². The lowest BCUT2D eigenvalue weighted by Crippen LogP contribution is -2.64. The molecule has 2 aliphatic heterocycles. The Morgan fingerprint density at radius 1 is 0.938 bits per heavy atom. The molecule has 3 amide bonds. The molecule has 48 heavy (non-hydrogen) atoms. The van der Waals surface area contributed by atoms with Gasteiger partial charge in [0.25, 0.3) is 0 Å². The summed E-state index contributed by atoms with van der Waals surface area (Å²) in [5.41, 5.74) is 0.474. The molecule has 4 rings (SSSR count). The highest BCUT2D eigenvalue weighted by Gasteiger charge is 2.46. The summed E-state index contributed by atoms with van der Waals surface area (Å²) in [6.45, 7) is 11.2. The molecule has 12 heteroatoms. The first-order valence-corrected chi connectivity index (χ1v) is 19.6. The first-order valence-electron chi connectivity index (χ1n) is 17.7. The highest BCUT2D eigenvalue weighted by atomic mass is 32.2. The normalized spacial score (nSPS) is 24.6. The quantitative estimate of drug-likeness (QED) is 0.247. The number of hydrogen-bond acceptors (Lipinski definition) is 8. The Kier molecular flexibility index (Phi) is 12.8. The minimum absolute atomic E-state index is 0.0574. The van der Waals surface area contributed by atoms with E-state index in [9.17, 15) is 27.9 Å². The number of hydrogen-bond donors (Lipinski definition) is 4. The van der Waals surface area contributed by atoms with Gasteiger partial charge in [-0.2, -0.15) is 0 Å². The van der Waals surface area contributed by atoms with E-state index in [-0.39, 0.29) is 25.4 Å². The van der Waals surface area contributed by atoms with Gasteiger partial charge >= 0.3 is 0 Å². The lowest BCUT2D eigenvalue weighted by molar-refractivity contribution is -0.133. The Hall–Kier alpha value is -2.54. The van der Waals surface area contributed by atoms with Crippen molar-refractivity contribution >= 4 is 27.6 Å². The van der Waals surface area contributed by atoms with Gasteiger partial charge in [-0.15, -0.1) is 0 Å². The average Bonchev–Trinajstić information content (AvgIpc) is 3.51. The van der Waals surface area contributed by atoms with E-state index in [0.717, 1.165) is 63.4 Å². The number of piperidine rings is 1. The molecule has 3 fully saturated rings. The maximum Gasteiger partial charge on any atom is 0.244 e. The van der Waals surface area contributed by atoms with Crippen LogP contribution >= 0.6 is 0 Å². The fourth-order valence-electron chi connectivity index (χ4n) is 7.53. The monoisotopic (exact) mass is 689 g/mol. The van der Waals surface area contributed by atoms with Gasteiger partial charge in [0.1, 0.15) is 6.04 Å². The van der Waals surface area contributed by atoms with Crippen LogP contribution in [0.15, 0.2) is 30.3 Å². The molecule has 4 N–H and O–H groups in total. The zero-order chi connectivity index (χ0) is 35.3. The van der Waals surface area contributed by atoms with E-state index in [1.54, 1.807) is 0 Å². The second-order valence-electron chi connectivity index (χ2n) is 16.0. The van der Waals surface area contributed by atoms with E-state index in [1.165, 1.54) is 20.3 Å². The van der Waals surface area contributed by atoms with Gasteiger partial charge in [0.15, 0.2) is 9.84 Å². The number of sulfone groups is 1. The molecule has 1 saturated carbocycles. The summed E-state index contributed by atoms with van der Waals surface area (Å²) in [7, 11) is -3.80. The second kappa shape index (κ2) is 16.0. The molecule has 0 aromatic heterocycles. The van der Waals surface area contributed by atoms with Crippen LogP contribution in [0.4, 0.5) is 0 Å². The fraction of sp³-hybridized carbons (Fsp3) is 0.750. The molecule has 3 aliphatic rings. The van der Waals surface area contributed by atoms with E-state index >= 15 is 0 Å². The summed E-state index contributed by atoms with van der Waals surface area (Å²) in [4.78, 5) is 45.0. The predicted octanol–water partition coefficient (Wildman–Crippen LogP) is 2.27. The smallest absolute Gasteiger partial charge is 0.244 e. The van der Waals surface area contributed by atoms with Gasteiger partial charge in [0, 0.05) is 24.9 Å². The Balaban J connectivity index is 1.59. The number of carbonyl (C=O) groups is 3. The van der Waals surface area contributed by atoms with E-state index in [2.05, 4.69) is 20.9 Å². The number of fused-ring (bicyclic) bond motifs is 1. The SMILES string of the molecule is CC(C)(C)NC(=O)C1CC2CCCCC2CN1CC(O)C(Cc1ccccc1)NC(=O)C(NC(=O)CN1CCCC1)C(C)(C)S(C)(=O)=O. The fourth-order valence-corrected chi connectivity index (χ4v) is 8.13. The van der Waals surface area contributed by atoms with Crippen molar-refractivity contribution in [2.24, 2.45) is 11.8 Å². The van der Waals surface area contributed by atoms with Crippen molar-refractivity contribution in [3.8, 4) is 0 Å². The maximum atomic E-state index is 14.1. The lowest BCUT2D eigenvalue weighted by Gasteiger charge is -2.47. The number of nitrogens with one attached hydrogen (secondary N) is 3. The van der Waals surface area contributed by atoms with Gasteiger partial charge in [-0.3, -0.25) is 24.2 Å². The number of benzene rings is 1. The maximum absolute atomic E-state index is 14.1. The largest absolute Gasteiger partial charge is 0.390 e. The van der Waals surface area contributed by atoms with Crippen molar-refractivity contribution < 1.29 is 27.9 Å². The van der Waals surface area contributed by atoms with Crippen LogP contribution in [0.1, 0.15) is 85.1 Å². The van der Waals surface area contributed by atoms with Crippen molar-refractivity contribution in [2.45, 2.75) is 121 Å². The number of amides is 3. The minimum atomic E-state index is -3.80. The standard InChI is InChI=1S/C36H59N5O6S/c1-35(2,3)39-33(44)29-21-26-16-10-11-17-27(26)22-41(29)23-30(42)28(20-25-14-8-7-9-15-25)37-34(45)32(36(4,5)48(6,46)47)38-31(43)24-40-18-12-13-19-40/h7-9,14-15,26-30,32,42H,10-13,16-24H2,1-6H3,(H,37,45)(H,38,43)(H,39,44). The Labute approximate surface area is 287 Å². The van der Waals surface area contributed by atoms with Gasteiger partial charge in [-0.05, 0) is 97.2 Å². The van der Waals surface area contributed by atoms with Crippen molar-refractivity contribution in [1.82, 2.24) is 25.8 Å². The van der Waals surface area contributed by atoms with Crippen LogP contribution in [0, 0.1) is 11.8 Å². The zero-order valence-corrected chi connectivity index (χ0v) is 30.7. The van der Waals surface area contributed by atoms with Crippen LogP contribution in [0.5, 0.6) is 0 Å². The topological polar surface area (TPSA) is 148 Å². The Morgan fingerprint density at radius 3 is 2.17 bits per heavy atom. The summed E-state index contributed by atoms with van der Waals surface area (Å²) in [5, 5.41) is 20.8. The molecule has 2 heterocycles. The molecular formula is C36H59N5O6S. The summed E-state index contributed by atoms with van der Waals surface area (Å²) >= 11 is 0. The molecule has 0 bridgehead atoms. The number of rotatable bonds is 13. The third kappa shape index (κ3) is 10.2. The number of nitrogens with zero attached hydrogens (tertiary/aromatic N) is 2. The Bertz CT molecular complexity index is 1360. The number of aliphatic hydroxyl groups excluding tert-OH is 1. The van der Waals surface area contributed by atoms with Crippen LogP contribution in [0.2, 0.25) is 0 Å². The van der Waals surface area contributed by atoms with Crippen LogP contribution in [0.3, 0.4) is 0 Å². The van der Waals surface area contributed by atoms with Gasteiger partial charge in [-0.1, -0.05) is 49.6 Å². The van der Waals surface area contributed by atoms with Crippen LogP contribution in [-0.2, 0) is 30.6 Å². The minimum Gasteiger partial charge on any atom is -0.390 e. The molecule has 6 unspecified atom stereocenters. The molecule has 11 nitrogen and oxygen atoms in total.